The standard InChI is InChI=1S/C13H19N3S/c1-2-13-12(15-5-8-17-13)9-11(1)10-16-6-3-14-4-7-16/h1-2,9,14-15H,3-8,10H2. The maximum Gasteiger partial charge on any atom is 0.0481 e. The van der Waals surface area contributed by atoms with Gasteiger partial charge >= 0.3 is 0 Å². The molecule has 92 valence electrons. The second kappa shape index (κ2) is 5.29. The molecule has 0 radical (unpaired) electrons. The van der Waals surface area contributed by atoms with Gasteiger partial charge in [-0.3, -0.25) is 4.90 Å². The highest BCUT2D eigenvalue weighted by Crippen LogP contribution is 2.31. The number of benzene rings is 1. The zero-order valence-electron chi connectivity index (χ0n) is 10.0. The van der Waals surface area contributed by atoms with Crippen LogP contribution in [-0.4, -0.2) is 43.4 Å². The van der Waals surface area contributed by atoms with Crippen molar-refractivity contribution in [1.82, 2.24) is 10.2 Å². The van der Waals surface area contributed by atoms with Crippen LogP contribution in [0.3, 0.4) is 0 Å². The lowest BCUT2D eigenvalue weighted by Gasteiger charge is -2.27. The molecule has 2 aliphatic rings. The van der Waals surface area contributed by atoms with E-state index in [0.29, 0.717) is 0 Å². The van der Waals surface area contributed by atoms with Gasteiger partial charge in [-0.2, -0.15) is 0 Å². The van der Waals surface area contributed by atoms with Crippen molar-refractivity contribution in [2.75, 3.05) is 43.8 Å². The van der Waals surface area contributed by atoms with Gasteiger partial charge in [0.05, 0.1) is 0 Å². The highest BCUT2D eigenvalue weighted by Gasteiger charge is 2.12. The Kier molecular flexibility index (Phi) is 3.54. The molecule has 4 heteroatoms. The molecule has 0 aliphatic carbocycles. The number of thioether (sulfide) groups is 1. The van der Waals surface area contributed by atoms with Crippen LogP contribution in [0, 0.1) is 0 Å². The first kappa shape index (κ1) is 11.4. The van der Waals surface area contributed by atoms with Gasteiger partial charge in [0.1, 0.15) is 0 Å². The number of fused-ring (bicyclic) bond motifs is 1. The Morgan fingerprint density at radius 3 is 2.94 bits per heavy atom. The van der Waals surface area contributed by atoms with Crippen LogP contribution in [0.25, 0.3) is 0 Å². The van der Waals surface area contributed by atoms with Gasteiger partial charge in [-0.15, -0.1) is 11.8 Å². The van der Waals surface area contributed by atoms with Gasteiger partial charge in [0.25, 0.3) is 0 Å². The molecule has 2 N–H and O–H groups in total. The second-order valence-corrected chi connectivity index (χ2v) is 5.77. The van der Waals surface area contributed by atoms with E-state index < -0.39 is 0 Å². The lowest BCUT2D eigenvalue weighted by atomic mass is 10.1. The van der Waals surface area contributed by atoms with Crippen molar-refractivity contribution in [2.24, 2.45) is 0 Å². The number of nitrogens with zero attached hydrogens (tertiary/aromatic N) is 1. The molecule has 3 rings (SSSR count). The summed E-state index contributed by atoms with van der Waals surface area (Å²) in [6.45, 7) is 6.76. The van der Waals surface area contributed by atoms with Crippen molar-refractivity contribution in [3.05, 3.63) is 23.8 Å². The summed E-state index contributed by atoms with van der Waals surface area (Å²) in [7, 11) is 0. The van der Waals surface area contributed by atoms with E-state index in [1.807, 2.05) is 11.8 Å². The van der Waals surface area contributed by atoms with Crippen LogP contribution < -0.4 is 10.6 Å². The zero-order valence-corrected chi connectivity index (χ0v) is 10.9. The number of anilines is 1. The van der Waals surface area contributed by atoms with Crippen LogP contribution in [0.5, 0.6) is 0 Å². The molecule has 0 atom stereocenters. The van der Waals surface area contributed by atoms with Crippen LogP contribution in [0.15, 0.2) is 23.1 Å². The first-order valence-corrected chi connectivity index (χ1v) is 7.33. The molecule has 17 heavy (non-hydrogen) atoms. The fourth-order valence-electron chi connectivity index (χ4n) is 2.41. The maximum atomic E-state index is 3.49. The molecule has 3 nitrogen and oxygen atoms in total. The van der Waals surface area contributed by atoms with E-state index in [4.69, 9.17) is 0 Å². The minimum Gasteiger partial charge on any atom is -0.383 e. The molecule has 1 aromatic rings. The minimum atomic E-state index is 1.08. The molecule has 0 amide bonds. The van der Waals surface area contributed by atoms with Crippen LogP contribution in [0.4, 0.5) is 5.69 Å². The fourth-order valence-corrected chi connectivity index (χ4v) is 3.29. The number of hydrogen-bond acceptors (Lipinski definition) is 4. The summed E-state index contributed by atoms with van der Waals surface area (Å²) in [5.74, 6) is 1.18. The van der Waals surface area contributed by atoms with E-state index in [2.05, 4.69) is 33.7 Å². The molecular weight excluding hydrogens is 230 g/mol. The first-order valence-electron chi connectivity index (χ1n) is 6.34. The van der Waals surface area contributed by atoms with Gasteiger partial charge < -0.3 is 10.6 Å². The van der Waals surface area contributed by atoms with Crippen LogP contribution >= 0.6 is 11.8 Å². The normalized spacial score (nSPS) is 20.7. The largest absolute Gasteiger partial charge is 0.383 e. The fraction of sp³-hybridized carbons (Fsp3) is 0.538. The van der Waals surface area contributed by atoms with E-state index in [1.54, 1.807) is 0 Å². The Labute approximate surface area is 107 Å². The Hall–Kier alpha value is -0.710. The molecule has 2 heterocycles. The first-order chi connectivity index (χ1) is 8.42. The third kappa shape index (κ3) is 2.76. The van der Waals surface area contributed by atoms with Crippen molar-refractivity contribution in [3.8, 4) is 0 Å². The van der Waals surface area contributed by atoms with Crippen molar-refractivity contribution in [3.63, 3.8) is 0 Å². The summed E-state index contributed by atoms with van der Waals surface area (Å²) in [6.07, 6.45) is 0. The molecule has 1 saturated heterocycles. The maximum absolute atomic E-state index is 3.49. The van der Waals surface area contributed by atoms with E-state index in [0.717, 1.165) is 26.2 Å². The molecule has 0 bridgehead atoms. The smallest absolute Gasteiger partial charge is 0.0481 e. The van der Waals surface area contributed by atoms with Crippen molar-refractivity contribution in [2.45, 2.75) is 11.4 Å². The lowest BCUT2D eigenvalue weighted by Crippen LogP contribution is -2.42. The molecule has 0 saturated carbocycles. The van der Waals surface area contributed by atoms with E-state index >= 15 is 0 Å². The number of hydrogen-bond donors (Lipinski definition) is 2. The average molecular weight is 249 g/mol. The molecular formula is C13H19N3S. The predicted octanol–water partition coefficient (Wildman–Crippen LogP) is 1.61. The minimum absolute atomic E-state index is 1.08. The third-order valence-electron chi connectivity index (χ3n) is 3.33. The van der Waals surface area contributed by atoms with Gasteiger partial charge in [0.15, 0.2) is 0 Å². The Balaban J connectivity index is 1.70. The van der Waals surface area contributed by atoms with Gasteiger partial charge in [-0.1, -0.05) is 6.07 Å². The summed E-state index contributed by atoms with van der Waals surface area (Å²) in [5, 5.41) is 6.88. The van der Waals surface area contributed by atoms with Gasteiger partial charge in [-0.25, -0.2) is 0 Å². The number of piperazine rings is 1. The van der Waals surface area contributed by atoms with Gasteiger partial charge in [0, 0.05) is 55.6 Å². The topological polar surface area (TPSA) is 27.3 Å². The number of rotatable bonds is 2. The lowest BCUT2D eigenvalue weighted by molar-refractivity contribution is 0.233. The molecule has 2 aliphatic heterocycles. The van der Waals surface area contributed by atoms with E-state index in [1.165, 1.54) is 35.0 Å². The zero-order chi connectivity index (χ0) is 11.5. The second-order valence-electron chi connectivity index (χ2n) is 4.63. The Morgan fingerprint density at radius 2 is 2.06 bits per heavy atom. The summed E-state index contributed by atoms with van der Waals surface area (Å²) in [4.78, 5) is 3.93. The highest BCUT2D eigenvalue weighted by molar-refractivity contribution is 7.99. The predicted molar refractivity (Wildman–Crippen MR) is 73.8 cm³/mol. The average Bonchev–Trinajstić information content (AvgIpc) is 2.40. The molecule has 0 spiro atoms. The number of nitrogens with one attached hydrogen (secondary N) is 2. The summed E-state index contributed by atoms with van der Waals surface area (Å²) < 4.78 is 0. The molecule has 0 aromatic heterocycles. The molecule has 0 unspecified atom stereocenters. The van der Waals surface area contributed by atoms with Gasteiger partial charge in [-0.05, 0) is 17.7 Å². The highest BCUT2D eigenvalue weighted by atomic mass is 32.2. The Bertz CT molecular complexity index is 388. The van der Waals surface area contributed by atoms with E-state index in [-0.39, 0.29) is 0 Å². The van der Waals surface area contributed by atoms with Crippen LogP contribution in [0.2, 0.25) is 0 Å². The molecule has 1 aromatic carbocycles. The SMILES string of the molecule is c1cc2c(cc1CN1CCNCC1)NCCS2. The third-order valence-corrected chi connectivity index (χ3v) is 4.41. The summed E-state index contributed by atoms with van der Waals surface area (Å²) >= 11 is 1.96. The van der Waals surface area contributed by atoms with Gasteiger partial charge in [0.2, 0.25) is 0 Å². The monoisotopic (exact) mass is 249 g/mol. The summed E-state index contributed by atoms with van der Waals surface area (Å²) in [5.41, 5.74) is 2.76. The van der Waals surface area contributed by atoms with Crippen molar-refractivity contribution < 1.29 is 0 Å². The Morgan fingerprint density at radius 1 is 1.18 bits per heavy atom. The van der Waals surface area contributed by atoms with E-state index in [9.17, 15) is 0 Å². The quantitative estimate of drug-likeness (QED) is 0.833. The molecule has 1 fully saturated rings. The van der Waals surface area contributed by atoms with Crippen molar-refractivity contribution in [1.29, 1.82) is 0 Å². The summed E-state index contributed by atoms with van der Waals surface area (Å²) in [6, 6.07) is 6.87. The van der Waals surface area contributed by atoms with Crippen molar-refractivity contribution >= 4 is 17.4 Å². The van der Waals surface area contributed by atoms with Crippen LogP contribution in [0.1, 0.15) is 5.56 Å². The van der Waals surface area contributed by atoms with Crippen LogP contribution in [-0.2, 0) is 6.54 Å².